The zero-order valence-corrected chi connectivity index (χ0v) is 9.30. The lowest BCUT2D eigenvalue weighted by Crippen LogP contribution is -2.19. The Morgan fingerprint density at radius 2 is 1.94 bits per heavy atom. The van der Waals surface area contributed by atoms with Crippen LogP contribution in [0.2, 0.25) is 0 Å². The van der Waals surface area contributed by atoms with E-state index in [1.54, 1.807) is 24.3 Å². The first kappa shape index (κ1) is 13.1. The SMILES string of the molecule is CC(=O)OCC(=O)Nc1ccc(COO)cc1. The number of carbonyl (C=O) groups excluding carboxylic acids is 2. The van der Waals surface area contributed by atoms with Crippen molar-refractivity contribution in [2.75, 3.05) is 11.9 Å². The molecule has 1 aromatic rings. The van der Waals surface area contributed by atoms with Gasteiger partial charge in [0.2, 0.25) is 0 Å². The maximum atomic E-state index is 11.3. The molecule has 0 aliphatic rings. The molecule has 6 heteroatoms. The third-order valence-electron chi connectivity index (χ3n) is 1.88. The molecule has 1 aromatic carbocycles. The summed E-state index contributed by atoms with van der Waals surface area (Å²) in [7, 11) is 0. The van der Waals surface area contributed by atoms with Gasteiger partial charge in [-0.2, -0.15) is 0 Å². The van der Waals surface area contributed by atoms with Crippen LogP contribution in [-0.4, -0.2) is 23.7 Å². The van der Waals surface area contributed by atoms with Crippen LogP contribution in [0.1, 0.15) is 12.5 Å². The molecule has 0 saturated carbocycles. The van der Waals surface area contributed by atoms with Gasteiger partial charge >= 0.3 is 5.97 Å². The fourth-order valence-electron chi connectivity index (χ4n) is 1.12. The van der Waals surface area contributed by atoms with E-state index in [4.69, 9.17) is 5.26 Å². The predicted octanol–water partition coefficient (Wildman–Crippen LogP) is 1.18. The Kier molecular flexibility index (Phi) is 5.12. The molecule has 1 rings (SSSR count). The average Bonchev–Trinajstić information content (AvgIpc) is 2.29. The molecule has 17 heavy (non-hydrogen) atoms. The normalized spacial score (nSPS) is 9.76. The molecule has 0 aromatic heterocycles. The minimum atomic E-state index is -0.504. The summed E-state index contributed by atoms with van der Waals surface area (Å²) < 4.78 is 4.53. The minimum Gasteiger partial charge on any atom is -0.456 e. The van der Waals surface area contributed by atoms with Crippen LogP contribution in [0.5, 0.6) is 0 Å². The predicted molar refractivity (Wildman–Crippen MR) is 59.1 cm³/mol. The quantitative estimate of drug-likeness (QED) is 0.458. The zero-order valence-electron chi connectivity index (χ0n) is 9.30. The molecular weight excluding hydrogens is 226 g/mol. The van der Waals surface area contributed by atoms with Crippen molar-refractivity contribution in [1.29, 1.82) is 0 Å². The van der Waals surface area contributed by atoms with Crippen molar-refractivity contribution < 1.29 is 24.5 Å². The van der Waals surface area contributed by atoms with Gasteiger partial charge in [0.1, 0.15) is 6.61 Å². The fraction of sp³-hybridized carbons (Fsp3) is 0.273. The standard InChI is InChI=1S/C11H13NO5/c1-8(13)16-7-11(14)12-10-4-2-9(3-5-10)6-17-15/h2-5,15H,6-7H2,1H3,(H,12,14). The lowest BCUT2D eigenvalue weighted by atomic mass is 10.2. The van der Waals surface area contributed by atoms with E-state index in [2.05, 4.69) is 14.9 Å². The second-order valence-corrected chi connectivity index (χ2v) is 3.30. The Labute approximate surface area is 98.1 Å². The monoisotopic (exact) mass is 239 g/mol. The summed E-state index contributed by atoms with van der Waals surface area (Å²) in [6.45, 7) is 1.01. The number of rotatable bonds is 5. The Morgan fingerprint density at radius 1 is 1.29 bits per heavy atom. The number of amides is 1. The molecule has 0 spiro atoms. The average molecular weight is 239 g/mol. The molecule has 92 valence electrons. The van der Waals surface area contributed by atoms with Crippen LogP contribution in [0.25, 0.3) is 0 Å². The van der Waals surface area contributed by atoms with E-state index in [1.807, 2.05) is 0 Å². The van der Waals surface area contributed by atoms with E-state index < -0.39 is 11.9 Å². The molecule has 0 atom stereocenters. The molecule has 0 heterocycles. The van der Waals surface area contributed by atoms with E-state index in [0.717, 1.165) is 5.56 Å². The summed E-state index contributed by atoms with van der Waals surface area (Å²) in [5.74, 6) is -0.915. The summed E-state index contributed by atoms with van der Waals surface area (Å²) in [5.41, 5.74) is 1.34. The van der Waals surface area contributed by atoms with Crippen LogP contribution < -0.4 is 5.32 Å². The highest BCUT2D eigenvalue weighted by molar-refractivity contribution is 5.92. The van der Waals surface area contributed by atoms with Crippen molar-refractivity contribution in [3.8, 4) is 0 Å². The van der Waals surface area contributed by atoms with Gasteiger partial charge in [-0.3, -0.25) is 14.8 Å². The van der Waals surface area contributed by atoms with Crippen LogP contribution in [0.3, 0.4) is 0 Å². The maximum Gasteiger partial charge on any atom is 0.303 e. The minimum absolute atomic E-state index is 0.0850. The highest BCUT2D eigenvalue weighted by atomic mass is 17.1. The van der Waals surface area contributed by atoms with Crippen molar-refractivity contribution in [3.05, 3.63) is 29.8 Å². The topological polar surface area (TPSA) is 84.9 Å². The van der Waals surface area contributed by atoms with Crippen molar-refractivity contribution in [3.63, 3.8) is 0 Å². The number of hydrogen-bond acceptors (Lipinski definition) is 5. The number of esters is 1. The van der Waals surface area contributed by atoms with Gasteiger partial charge < -0.3 is 10.1 Å². The Hall–Kier alpha value is -1.92. The third-order valence-corrected chi connectivity index (χ3v) is 1.88. The highest BCUT2D eigenvalue weighted by Gasteiger charge is 2.04. The Morgan fingerprint density at radius 3 is 2.47 bits per heavy atom. The van der Waals surface area contributed by atoms with E-state index in [1.165, 1.54) is 6.92 Å². The van der Waals surface area contributed by atoms with E-state index >= 15 is 0 Å². The zero-order chi connectivity index (χ0) is 12.7. The molecule has 0 bridgehead atoms. The summed E-state index contributed by atoms with van der Waals surface area (Å²) in [4.78, 5) is 25.7. The Bertz CT molecular complexity index is 387. The van der Waals surface area contributed by atoms with Gasteiger partial charge in [0.25, 0.3) is 5.91 Å². The first-order chi connectivity index (χ1) is 8.11. The van der Waals surface area contributed by atoms with Gasteiger partial charge in [0, 0.05) is 12.6 Å². The molecule has 0 saturated heterocycles. The van der Waals surface area contributed by atoms with Gasteiger partial charge in [-0.1, -0.05) is 12.1 Å². The van der Waals surface area contributed by atoms with Crippen LogP contribution in [0.4, 0.5) is 5.69 Å². The molecule has 2 N–H and O–H groups in total. The van der Waals surface area contributed by atoms with Crippen LogP contribution in [0, 0.1) is 0 Å². The molecule has 0 aliphatic carbocycles. The van der Waals surface area contributed by atoms with Crippen molar-refractivity contribution >= 4 is 17.6 Å². The second-order valence-electron chi connectivity index (χ2n) is 3.30. The molecule has 0 radical (unpaired) electrons. The second kappa shape index (κ2) is 6.62. The van der Waals surface area contributed by atoms with Gasteiger partial charge in [0.15, 0.2) is 6.61 Å². The first-order valence-corrected chi connectivity index (χ1v) is 4.90. The van der Waals surface area contributed by atoms with Crippen LogP contribution in [0.15, 0.2) is 24.3 Å². The fourth-order valence-corrected chi connectivity index (χ4v) is 1.12. The number of anilines is 1. The molecule has 0 fully saturated rings. The lowest BCUT2D eigenvalue weighted by molar-refractivity contribution is -0.253. The van der Waals surface area contributed by atoms with Crippen molar-refractivity contribution in [1.82, 2.24) is 0 Å². The molecule has 6 nitrogen and oxygen atoms in total. The van der Waals surface area contributed by atoms with Crippen LogP contribution >= 0.6 is 0 Å². The van der Waals surface area contributed by atoms with Crippen LogP contribution in [-0.2, 0) is 25.8 Å². The van der Waals surface area contributed by atoms with E-state index in [9.17, 15) is 9.59 Å². The largest absolute Gasteiger partial charge is 0.456 e. The van der Waals surface area contributed by atoms with Gasteiger partial charge in [-0.25, -0.2) is 4.89 Å². The molecule has 1 amide bonds. The number of benzene rings is 1. The summed E-state index contributed by atoms with van der Waals surface area (Å²) in [6, 6.07) is 6.69. The third kappa shape index (κ3) is 5.10. The number of hydrogen-bond donors (Lipinski definition) is 2. The van der Waals surface area contributed by atoms with Crippen molar-refractivity contribution in [2.45, 2.75) is 13.5 Å². The van der Waals surface area contributed by atoms with Gasteiger partial charge in [-0.15, -0.1) is 0 Å². The Balaban J connectivity index is 2.45. The summed E-state index contributed by atoms with van der Waals surface area (Å²) in [5, 5.41) is 10.8. The first-order valence-electron chi connectivity index (χ1n) is 4.90. The van der Waals surface area contributed by atoms with Gasteiger partial charge in [-0.05, 0) is 17.7 Å². The lowest BCUT2D eigenvalue weighted by Gasteiger charge is -2.06. The smallest absolute Gasteiger partial charge is 0.303 e. The molecule has 0 aliphatic heterocycles. The summed E-state index contributed by atoms with van der Waals surface area (Å²) in [6.07, 6.45) is 0. The summed E-state index contributed by atoms with van der Waals surface area (Å²) >= 11 is 0. The number of carbonyl (C=O) groups is 2. The van der Waals surface area contributed by atoms with Crippen molar-refractivity contribution in [2.24, 2.45) is 0 Å². The molecule has 0 unspecified atom stereocenters. The van der Waals surface area contributed by atoms with E-state index in [-0.39, 0.29) is 13.2 Å². The molecular formula is C11H13NO5. The maximum absolute atomic E-state index is 11.3. The highest BCUT2D eigenvalue weighted by Crippen LogP contribution is 2.09. The van der Waals surface area contributed by atoms with E-state index in [0.29, 0.717) is 5.69 Å². The number of ether oxygens (including phenoxy) is 1. The van der Waals surface area contributed by atoms with Gasteiger partial charge in [0.05, 0.1) is 0 Å². The number of nitrogens with one attached hydrogen (secondary N) is 1.